The van der Waals surface area contributed by atoms with E-state index in [1.54, 1.807) is 0 Å². The number of aromatic hydroxyl groups is 2. The molecule has 0 aliphatic carbocycles. The second-order valence-electron chi connectivity index (χ2n) is 2.40. The Hall–Kier alpha value is -1.23. The Morgan fingerprint density at radius 1 is 1.17 bits per heavy atom. The molecule has 5 heteroatoms. The van der Waals surface area contributed by atoms with Crippen molar-refractivity contribution in [2.75, 3.05) is 6.26 Å². The quantitative estimate of drug-likeness (QED) is 0.673. The van der Waals surface area contributed by atoms with Crippen LogP contribution in [0.1, 0.15) is 0 Å². The van der Waals surface area contributed by atoms with Crippen molar-refractivity contribution in [3.05, 3.63) is 18.2 Å². The lowest BCUT2D eigenvalue weighted by Crippen LogP contribution is -1.97. The maximum Gasteiger partial charge on any atom is 0.182 e. The number of phenolic OH excluding ortho intramolecular Hbond substituents is 2. The molecular weight excluding hydrogens is 180 g/mol. The molecule has 12 heavy (non-hydrogen) atoms. The van der Waals surface area contributed by atoms with Crippen LogP contribution < -0.4 is 0 Å². The van der Waals surface area contributed by atoms with E-state index in [1.165, 1.54) is 18.2 Å². The molecule has 0 amide bonds. The fraction of sp³-hybridized carbons (Fsp3) is 0.143. The summed E-state index contributed by atoms with van der Waals surface area (Å²) < 4.78 is 21.9. The number of phenols is 2. The average Bonchev–Trinajstić information content (AvgIpc) is 1.82. The first kappa shape index (κ1) is 8.86. The molecule has 0 aliphatic heterocycles. The van der Waals surface area contributed by atoms with Crippen molar-refractivity contribution in [3.8, 4) is 11.5 Å². The topological polar surface area (TPSA) is 74.6 Å². The lowest BCUT2D eigenvalue weighted by atomic mass is 10.3. The van der Waals surface area contributed by atoms with E-state index in [1.807, 2.05) is 0 Å². The maximum absolute atomic E-state index is 11.0. The van der Waals surface area contributed by atoms with Crippen molar-refractivity contribution in [3.63, 3.8) is 0 Å². The second-order valence-corrected chi connectivity index (χ2v) is 4.35. The third-order valence-corrected chi connectivity index (χ3v) is 2.50. The number of rotatable bonds is 1. The summed E-state index contributed by atoms with van der Waals surface area (Å²) in [5.41, 5.74) is 0. The molecule has 0 spiro atoms. The fourth-order valence-electron chi connectivity index (χ4n) is 0.893. The largest absolute Gasteiger partial charge is 0.506 e. The van der Waals surface area contributed by atoms with Crippen molar-refractivity contribution in [2.45, 2.75) is 4.90 Å². The highest BCUT2D eigenvalue weighted by atomic mass is 32.2. The molecule has 0 bridgehead atoms. The van der Waals surface area contributed by atoms with E-state index in [4.69, 9.17) is 10.2 Å². The van der Waals surface area contributed by atoms with Gasteiger partial charge in [0.2, 0.25) is 0 Å². The molecule has 1 aromatic carbocycles. The molecule has 0 saturated heterocycles. The molecule has 0 atom stereocenters. The molecule has 1 rings (SSSR count). The molecule has 0 radical (unpaired) electrons. The molecule has 0 saturated carbocycles. The Labute approximate surface area is 70.0 Å². The van der Waals surface area contributed by atoms with E-state index in [0.717, 1.165) is 6.26 Å². The molecule has 2 N–H and O–H groups in total. The molecule has 0 unspecified atom stereocenters. The van der Waals surface area contributed by atoms with Gasteiger partial charge in [-0.25, -0.2) is 8.42 Å². The summed E-state index contributed by atoms with van der Waals surface area (Å²) in [5, 5.41) is 18.2. The van der Waals surface area contributed by atoms with Crippen molar-refractivity contribution < 1.29 is 18.6 Å². The first-order valence-corrected chi connectivity index (χ1v) is 5.03. The van der Waals surface area contributed by atoms with Gasteiger partial charge in [0.1, 0.15) is 16.4 Å². The molecule has 0 heterocycles. The summed E-state index contributed by atoms with van der Waals surface area (Å²) in [6, 6.07) is 3.77. The third-order valence-electron chi connectivity index (χ3n) is 1.34. The Morgan fingerprint density at radius 2 is 1.58 bits per heavy atom. The van der Waals surface area contributed by atoms with Crippen LogP contribution in [0.5, 0.6) is 11.5 Å². The predicted molar refractivity (Wildman–Crippen MR) is 42.9 cm³/mol. The van der Waals surface area contributed by atoms with Crippen LogP contribution >= 0.6 is 0 Å². The first-order valence-electron chi connectivity index (χ1n) is 3.14. The van der Waals surface area contributed by atoms with Gasteiger partial charge in [-0.05, 0) is 12.1 Å². The Kier molecular flexibility index (Phi) is 1.97. The van der Waals surface area contributed by atoms with Crippen LogP contribution in [0.4, 0.5) is 0 Å². The van der Waals surface area contributed by atoms with Crippen molar-refractivity contribution in [1.29, 1.82) is 0 Å². The van der Waals surface area contributed by atoms with Gasteiger partial charge in [-0.15, -0.1) is 0 Å². The summed E-state index contributed by atoms with van der Waals surface area (Å²) in [6.07, 6.45) is 0.918. The van der Waals surface area contributed by atoms with Crippen molar-refractivity contribution in [1.82, 2.24) is 0 Å². The van der Waals surface area contributed by atoms with Gasteiger partial charge < -0.3 is 10.2 Å². The van der Waals surface area contributed by atoms with Gasteiger partial charge in [0.05, 0.1) is 0 Å². The summed E-state index contributed by atoms with van der Waals surface area (Å²) in [4.78, 5) is -0.426. The number of hydrogen-bond donors (Lipinski definition) is 2. The zero-order valence-corrected chi connectivity index (χ0v) is 7.17. The van der Waals surface area contributed by atoms with E-state index in [-0.39, 0.29) is 0 Å². The standard InChI is InChI=1S/C7H8O4S/c1-12(10,11)7-5(8)3-2-4-6(7)9/h2-4,8-9H,1H3. The van der Waals surface area contributed by atoms with Gasteiger partial charge in [-0.2, -0.15) is 0 Å². The van der Waals surface area contributed by atoms with Crippen LogP contribution in [0.2, 0.25) is 0 Å². The second kappa shape index (κ2) is 2.67. The van der Waals surface area contributed by atoms with Crippen LogP contribution in [0.25, 0.3) is 0 Å². The minimum atomic E-state index is -3.56. The minimum absolute atomic E-state index is 0.426. The molecule has 66 valence electrons. The summed E-state index contributed by atoms with van der Waals surface area (Å²) >= 11 is 0. The van der Waals surface area contributed by atoms with E-state index in [2.05, 4.69) is 0 Å². The number of benzene rings is 1. The van der Waals surface area contributed by atoms with Crippen LogP contribution in [-0.2, 0) is 9.84 Å². The Balaban J connectivity index is 3.53. The molecule has 0 fully saturated rings. The van der Waals surface area contributed by atoms with Gasteiger partial charge >= 0.3 is 0 Å². The van der Waals surface area contributed by atoms with Crippen LogP contribution in [0, 0.1) is 0 Å². The first-order chi connectivity index (χ1) is 5.43. The van der Waals surface area contributed by atoms with Gasteiger partial charge in [0.15, 0.2) is 9.84 Å². The minimum Gasteiger partial charge on any atom is -0.506 e. The highest BCUT2D eigenvalue weighted by Crippen LogP contribution is 2.30. The van der Waals surface area contributed by atoms with Gasteiger partial charge in [-0.1, -0.05) is 6.07 Å². The Morgan fingerprint density at radius 3 is 1.83 bits per heavy atom. The lowest BCUT2D eigenvalue weighted by molar-refractivity contribution is 0.424. The zero-order chi connectivity index (χ0) is 9.35. The van der Waals surface area contributed by atoms with Gasteiger partial charge in [0, 0.05) is 6.26 Å². The zero-order valence-electron chi connectivity index (χ0n) is 6.35. The lowest BCUT2D eigenvalue weighted by Gasteiger charge is -2.03. The Bertz CT molecular complexity index is 374. The summed E-state index contributed by atoms with van der Waals surface area (Å²) in [5.74, 6) is -0.866. The van der Waals surface area contributed by atoms with Crippen molar-refractivity contribution >= 4 is 9.84 Å². The normalized spacial score (nSPS) is 11.4. The van der Waals surface area contributed by atoms with Crippen LogP contribution in [0.3, 0.4) is 0 Å². The molecule has 1 aromatic rings. The highest BCUT2D eigenvalue weighted by Gasteiger charge is 2.17. The average molecular weight is 188 g/mol. The molecule has 4 nitrogen and oxygen atoms in total. The predicted octanol–water partition coefficient (Wildman–Crippen LogP) is 0.501. The molecule has 0 aromatic heterocycles. The number of hydrogen-bond acceptors (Lipinski definition) is 4. The maximum atomic E-state index is 11.0. The van der Waals surface area contributed by atoms with E-state index in [9.17, 15) is 8.42 Å². The highest BCUT2D eigenvalue weighted by molar-refractivity contribution is 7.91. The molecule has 0 aliphatic rings. The SMILES string of the molecule is CS(=O)(=O)c1c(O)cccc1O. The van der Waals surface area contributed by atoms with E-state index >= 15 is 0 Å². The molecular formula is C7H8O4S. The van der Waals surface area contributed by atoms with E-state index in [0.29, 0.717) is 0 Å². The van der Waals surface area contributed by atoms with E-state index < -0.39 is 26.2 Å². The van der Waals surface area contributed by atoms with Crippen molar-refractivity contribution in [2.24, 2.45) is 0 Å². The van der Waals surface area contributed by atoms with Crippen LogP contribution in [-0.4, -0.2) is 24.9 Å². The fourth-order valence-corrected chi connectivity index (χ4v) is 1.79. The van der Waals surface area contributed by atoms with Crippen LogP contribution in [0.15, 0.2) is 23.1 Å². The number of sulfone groups is 1. The monoisotopic (exact) mass is 188 g/mol. The third kappa shape index (κ3) is 1.50. The summed E-state index contributed by atoms with van der Waals surface area (Å²) in [7, 11) is -3.56. The smallest absolute Gasteiger partial charge is 0.182 e. The van der Waals surface area contributed by atoms with Gasteiger partial charge in [-0.3, -0.25) is 0 Å². The van der Waals surface area contributed by atoms with Gasteiger partial charge in [0.25, 0.3) is 0 Å². The summed E-state index contributed by atoms with van der Waals surface area (Å²) in [6.45, 7) is 0.